The van der Waals surface area contributed by atoms with Crippen molar-refractivity contribution >= 4 is 28.8 Å². The second-order valence-corrected chi connectivity index (χ2v) is 6.52. The van der Waals surface area contributed by atoms with E-state index in [0.29, 0.717) is 16.3 Å². The first-order chi connectivity index (χ1) is 12.6. The van der Waals surface area contributed by atoms with Crippen LogP contribution in [0.2, 0.25) is 5.02 Å². The third-order valence-electron chi connectivity index (χ3n) is 4.13. The Hall–Kier alpha value is -3.11. The fraction of sp³-hybridized carbons (Fsp3) is 0.0476. The van der Waals surface area contributed by atoms with Gasteiger partial charge in [-0.25, -0.2) is 4.98 Å². The number of fused-ring (bicyclic) bond motifs is 1. The molecule has 0 aliphatic heterocycles. The van der Waals surface area contributed by atoms with Gasteiger partial charge in [-0.2, -0.15) is 0 Å². The number of imidazole rings is 1. The SMILES string of the molecule is Cc1ccc2nc(-c3cccc(NC(=O)c4ccccc4Cl)c3)cn2c1. The molecule has 0 unspecified atom stereocenters. The van der Waals surface area contributed by atoms with Crippen LogP contribution in [-0.2, 0) is 0 Å². The molecule has 4 nitrogen and oxygen atoms in total. The Morgan fingerprint density at radius 2 is 1.88 bits per heavy atom. The summed E-state index contributed by atoms with van der Waals surface area (Å²) in [6.07, 6.45) is 4.02. The summed E-state index contributed by atoms with van der Waals surface area (Å²) in [5, 5.41) is 3.32. The Bertz CT molecular complexity index is 1120. The predicted octanol–water partition coefficient (Wildman–Crippen LogP) is 5.22. The van der Waals surface area contributed by atoms with Crippen molar-refractivity contribution in [3.05, 3.63) is 89.2 Å². The third kappa shape index (κ3) is 3.19. The lowest BCUT2D eigenvalue weighted by atomic mass is 10.1. The molecule has 0 bridgehead atoms. The molecule has 0 saturated heterocycles. The summed E-state index contributed by atoms with van der Waals surface area (Å²) in [5.74, 6) is -0.238. The summed E-state index contributed by atoms with van der Waals surface area (Å²) >= 11 is 6.10. The lowest BCUT2D eigenvalue weighted by Gasteiger charge is -2.07. The molecule has 0 saturated carbocycles. The van der Waals surface area contributed by atoms with Gasteiger partial charge in [0.2, 0.25) is 0 Å². The van der Waals surface area contributed by atoms with Crippen LogP contribution in [-0.4, -0.2) is 15.3 Å². The standard InChI is InChI=1S/C21H16ClN3O/c1-14-9-10-20-24-19(13-25(20)12-14)15-5-4-6-16(11-15)23-21(26)17-7-2-3-8-18(17)22/h2-13H,1H3,(H,23,26). The summed E-state index contributed by atoms with van der Waals surface area (Å²) in [6.45, 7) is 2.05. The smallest absolute Gasteiger partial charge is 0.257 e. The number of hydrogen-bond acceptors (Lipinski definition) is 2. The maximum atomic E-state index is 12.4. The van der Waals surface area contributed by atoms with Gasteiger partial charge in [0, 0.05) is 23.6 Å². The molecule has 0 radical (unpaired) electrons. The molecule has 2 aromatic heterocycles. The van der Waals surface area contributed by atoms with Crippen molar-refractivity contribution in [2.45, 2.75) is 6.92 Å². The van der Waals surface area contributed by atoms with E-state index in [2.05, 4.69) is 10.3 Å². The average Bonchev–Trinajstić information content (AvgIpc) is 3.05. The summed E-state index contributed by atoms with van der Waals surface area (Å²) in [6, 6.07) is 18.6. The zero-order valence-corrected chi connectivity index (χ0v) is 14.9. The molecule has 2 aromatic carbocycles. The van der Waals surface area contributed by atoms with Crippen molar-refractivity contribution in [3.8, 4) is 11.3 Å². The molecule has 0 fully saturated rings. The molecule has 128 valence electrons. The highest BCUT2D eigenvalue weighted by atomic mass is 35.5. The highest BCUT2D eigenvalue weighted by Crippen LogP contribution is 2.24. The number of nitrogens with zero attached hydrogens (tertiary/aromatic N) is 2. The minimum atomic E-state index is -0.238. The fourth-order valence-electron chi connectivity index (χ4n) is 2.84. The van der Waals surface area contributed by atoms with Gasteiger partial charge < -0.3 is 9.72 Å². The van der Waals surface area contributed by atoms with Gasteiger partial charge in [0.05, 0.1) is 16.3 Å². The van der Waals surface area contributed by atoms with Gasteiger partial charge in [-0.15, -0.1) is 0 Å². The predicted molar refractivity (Wildman–Crippen MR) is 105 cm³/mol. The first-order valence-electron chi connectivity index (χ1n) is 8.22. The van der Waals surface area contributed by atoms with E-state index in [4.69, 9.17) is 11.6 Å². The van der Waals surface area contributed by atoms with E-state index in [0.717, 1.165) is 16.9 Å². The van der Waals surface area contributed by atoms with Crippen molar-refractivity contribution in [1.29, 1.82) is 0 Å². The monoisotopic (exact) mass is 361 g/mol. The van der Waals surface area contributed by atoms with Gasteiger partial charge in [0.15, 0.2) is 0 Å². The second kappa shape index (κ2) is 6.65. The van der Waals surface area contributed by atoms with E-state index >= 15 is 0 Å². The number of anilines is 1. The van der Waals surface area contributed by atoms with Crippen LogP contribution in [0.15, 0.2) is 73.1 Å². The van der Waals surface area contributed by atoms with Gasteiger partial charge in [-0.05, 0) is 42.8 Å². The number of halogens is 1. The quantitative estimate of drug-likeness (QED) is 0.544. The number of aryl methyl sites for hydroxylation is 1. The van der Waals surface area contributed by atoms with Crippen molar-refractivity contribution in [2.75, 3.05) is 5.32 Å². The van der Waals surface area contributed by atoms with Crippen LogP contribution in [0.3, 0.4) is 0 Å². The van der Waals surface area contributed by atoms with Gasteiger partial charge in [0.25, 0.3) is 5.91 Å². The van der Waals surface area contributed by atoms with E-state index in [1.807, 2.05) is 60.1 Å². The lowest BCUT2D eigenvalue weighted by Crippen LogP contribution is -2.12. The van der Waals surface area contributed by atoms with Crippen LogP contribution in [0.4, 0.5) is 5.69 Å². The van der Waals surface area contributed by atoms with Crippen molar-refractivity contribution in [1.82, 2.24) is 9.38 Å². The van der Waals surface area contributed by atoms with Crippen LogP contribution in [0.25, 0.3) is 16.9 Å². The first-order valence-corrected chi connectivity index (χ1v) is 8.60. The van der Waals surface area contributed by atoms with Gasteiger partial charge >= 0.3 is 0 Å². The molecule has 4 rings (SSSR count). The minimum absolute atomic E-state index is 0.238. The van der Waals surface area contributed by atoms with Gasteiger partial charge in [-0.3, -0.25) is 4.79 Å². The molecular formula is C21H16ClN3O. The maximum absolute atomic E-state index is 12.4. The number of rotatable bonds is 3. The molecule has 1 amide bonds. The number of amides is 1. The highest BCUT2D eigenvalue weighted by molar-refractivity contribution is 6.34. The van der Waals surface area contributed by atoms with Gasteiger partial charge in [0.1, 0.15) is 5.65 Å². The molecule has 0 atom stereocenters. The van der Waals surface area contributed by atoms with E-state index in [1.54, 1.807) is 24.3 Å². The topological polar surface area (TPSA) is 46.4 Å². The molecule has 0 spiro atoms. The number of hydrogen-bond donors (Lipinski definition) is 1. The lowest BCUT2D eigenvalue weighted by molar-refractivity contribution is 0.102. The summed E-state index contributed by atoms with van der Waals surface area (Å²) in [4.78, 5) is 17.1. The van der Waals surface area contributed by atoms with Gasteiger partial charge in [-0.1, -0.05) is 41.9 Å². The Morgan fingerprint density at radius 3 is 2.73 bits per heavy atom. The Balaban J connectivity index is 1.64. The zero-order chi connectivity index (χ0) is 18.1. The molecule has 2 heterocycles. The summed E-state index contributed by atoms with van der Waals surface area (Å²) in [7, 11) is 0. The van der Waals surface area contributed by atoms with Crippen molar-refractivity contribution in [3.63, 3.8) is 0 Å². The van der Waals surface area contributed by atoms with Crippen LogP contribution in [0.1, 0.15) is 15.9 Å². The number of carbonyl (C=O) groups excluding carboxylic acids is 1. The number of aromatic nitrogens is 2. The Morgan fingerprint density at radius 1 is 1.04 bits per heavy atom. The number of nitrogens with one attached hydrogen (secondary N) is 1. The Kier molecular flexibility index (Phi) is 4.19. The number of benzene rings is 2. The maximum Gasteiger partial charge on any atom is 0.257 e. The van der Waals surface area contributed by atoms with Crippen molar-refractivity contribution < 1.29 is 4.79 Å². The molecule has 4 aromatic rings. The Labute approximate surface area is 156 Å². The van der Waals surface area contributed by atoms with E-state index < -0.39 is 0 Å². The summed E-state index contributed by atoms with van der Waals surface area (Å²) in [5.41, 5.74) is 4.98. The van der Waals surface area contributed by atoms with E-state index in [1.165, 1.54) is 5.56 Å². The first kappa shape index (κ1) is 16.4. The average molecular weight is 362 g/mol. The molecule has 0 aliphatic carbocycles. The second-order valence-electron chi connectivity index (χ2n) is 6.11. The van der Waals surface area contributed by atoms with Crippen molar-refractivity contribution in [2.24, 2.45) is 0 Å². The number of carbonyl (C=O) groups is 1. The van der Waals surface area contributed by atoms with E-state index in [9.17, 15) is 4.79 Å². The van der Waals surface area contributed by atoms with Crippen LogP contribution >= 0.6 is 11.6 Å². The molecule has 5 heteroatoms. The van der Waals surface area contributed by atoms with Crippen LogP contribution in [0.5, 0.6) is 0 Å². The largest absolute Gasteiger partial charge is 0.322 e. The van der Waals surface area contributed by atoms with Crippen LogP contribution < -0.4 is 5.32 Å². The molecule has 1 N–H and O–H groups in total. The zero-order valence-electron chi connectivity index (χ0n) is 14.1. The summed E-state index contributed by atoms with van der Waals surface area (Å²) < 4.78 is 2.00. The molecular weight excluding hydrogens is 346 g/mol. The third-order valence-corrected chi connectivity index (χ3v) is 4.46. The van der Waals surface area contributed by atoms with Crippen LogP contribution in [0, 0.1) is 6.92 Å². The normalized spacial score (nSPS) is 10.8. The van der Waals surface area contributed by atoms with E-state index in [-0.39, 0.29) is 5.91 Å². The minimum Gasteiger partial charge on any atom is -0.322 e. The molecule has 26 heavy (non-hydrogen) atoms. The number of pyridine rings is 1. The fourth-order valence-corrected chi connectivity index (χ4v) is 3.06. The molecule has 0 aliphatic rings. The highest BCUT2D eigenvalue weighted by Gasteiger charge is 2.11.